The van der Waals surface area contributed by atoms with Crippen molar-refractivity contribution in [3.63, 3.8) is 0 Å². The Morgan fingerprint density at radius 3 is 2.91 bits per heavy atom. The number of nitrogens with zero attached hydrogens (tertiary/aromatic N) is 3. The highest BCUT2D eigenvalue weighted by atomic mass is 32.1. The van der Waals surface area contributed by atoms with Crippen LogP contribution in [0.15, 0.2) is 42.0 Å². The minimum atomic E-state index is 0.572. The van der Waals surface area contributed by atoms with Gasteiger partial charge in [0.25, 0.3) is 0 Å². The molecule has 0 radical (unpaired) electrons. The van der Waals surface area contributed by atoms with Crippen LogP contribution in [-0.4, -0.2) is 23.1 Å². The Kier molecular flexibility index (Phi) is 3.42. The van der Waals surface area contributed by atoms with Crippen molar-refractivity contribution in [2.24, 2.45) is 0 Å². The molecule has 1 saturated carbocycles. The number of methoxy groups -OCH3 is 1. The standard InChI is InChI=1S/C17H17N3OS/c1-21-15-5-3-2-4-12(15)10-20(13-6-7-13)16-14-8-9-22-17(14)19-11-18-16/h2-5,8-9,11,13H,6-7,10H2,1H3. The molecule has 0 N–H and O–H groups in total. The van der Waals surface area contributed by atoms with Crippen molar-refractivity contribution in [1.29, 1.82) is 0 Å². The number of thiophene rings is 1. The van der Waals surface area contributed by atoms with Gasteiger partial charge in [0.1, 0.15) is 22.7 Å². The van der Waals surface area contributed by atoms with E-state index in [1.165, 1.54) is 18.4 Å². The molecule has 1 aliphatic rings. The van der Waals surface area contributed by atoms with Gasteiger partial charge in [-0.2, -0.15) is 0 Å². The van der Waals surface area contributed by atoms with Crippen LogP contribution in [0, 0.1) is 0 Å². The van der Waals surface area contributed by atoms with Gasteiger partial charge in [-0.3, -0.25) is 0 Å². The van der Waals surface area contributed by atoms with Gasteiger partial charge in [0, 0.05) is 18.2 Å². The van der Waals surface area contributed by atoms with Gasteiger partial charge in [-0.15, -0.1) is 11.3 Å². The first kappa shape index (κ1) is 13.5. The third-order valence-electron chi connectivity index (χ3n) is 4.03. The third-order valence-corrected chi connectivity index (χ3v) is 4.85. The topological polar surface area (TPSA) is 38.2 Å². The van der Waals surface area contributed by atoms with Gasteiger partial charge in [0.2, 0.25) is 0 Å². The van der Waals surface area contributed by atoms with Gasteiger partial charge in [0.15, 0.2) is 0 Å². The van der Waals surface area contributed by atoms with Crippen LogP contribution in [-0.2, 0) is 6.54 Å². The van der Waals surface area contributed by atoms with Crippen molar-refractivity contribution < 1.29 is 4.74 Å². The van der Waals surface area contributed by atoms with E-state index in [4.69, 9.17) is 4.74 Å². The van der Waals surface area contributed by atoms with Crippen LogP contribution < -0.4 is 9.64 Å². The second-order valence-corrected chi connectivity index (χ2v) is 6.40. The molecule has 112 valence electrons. The normalized spacial score (nSPS) is 14.2. The number of ether oxygens (including phenoxy) is 1. The second kappa shape index (κ2) is 5.57. The molecule has 4 rings (SSSR count). The van der Waals surface area contributed by atoms with Gasteiger partial charge >= 0.3 is 0 Å². The van der Waals surface area contributed by atoms with E-state index in [0.29, 0.717) is 6.04 Å². The Morgan fingerprint density at radius 2 is 2.09 bits per heavy atom. The summed E-state index contributed by atoms with van der Waals surface area (Å²) < 4.78 is 5.50. The lowest BCUT2D eigenvalue weighted by atomic mass is 10.1. The molecule has 3 aromatic rings. The summed E-state index contributed by atoms with van der Waals surface area (Å²) in [6, 6.07) is 10.9. The molecule has 0 atom stereocenters. The molecule has 0 aliphatic heterocycles. The van der Waals surface area contributed by atoms with Gasteiger partial charge in [-0.1, -0.05) is 18.2 Å². The molecule has 1 fully saturated rings. The van der Waals surface area contributed by atoms with E-state index in [9.17, 15) is 0 Å². The second-order valence-electron chi connectivity index (χ2n) is 5.51. The average Bonchev–Trinajstić information content (AvgIpc) is 3.29. The molecule has 4 nitrogen and oxygen atoms in total. The molecular formula is C17H17N3OS. The summed E-state index contributed by atoms with van der Waals surface area (Å²) in [6.45, 7) is 0.816. The first-order valence-corrected chi connectivity index (χ1v) is 8.31. The minimum Gasteiger partial charge on any atom is -0.496 e. The van der Waals surface area contributed by atoms with E-state index in [1.807, 2.05) is 12.1 Å². The maximum atomic E-state index is 5.50. The maximum absolute atomic E-state index is 5.50. The first-order valence-electron chi connectivity index (χ1n) is 7.43. The molecule has 5 heteroatoms. The van der Waals surface area contributed by atoms with Crippen LogP contribution in [0.25, 0.3) is 10.2 Å². The van der Waals surface area contributed by atoms with Crippen LogP contribution in [0.2, 0.25) is 0 Å². The van der Waals surface area contributed by atoms with E-state index < -0.39 is 0 Å². The zero-order valence-electron chi connectivity index (χ0n) is 12.4. The molecule has 0 saturated heterocycles. The number of aromatic nitrogens is 2. The Labute approximate surface area is 133 Å². The molecule has 1 aliphatic carbocycles. The third kappa shape index (κ3) is 2.41. The monoisotopic (exact) mass is 311 g/mol. The van der Waals surface area contributed by atoms with E-state index in [0.717, 1.165) is 28.3 Å². The molecule has 0 spiro atoms. The lowest BCUT2D eigenvalue weighted by molar-refractivity contribution is 0.409. The summed E-state index contributed by atoms with van der Waals surface area (Å²) in [5.41, 5.74) is 1.19. The Hall–Kier alpha value is -2.14. The molecule has 1 aromatic carbocycles. The summed E-state index contributed by atoms with van der Waals surface area (Å²) in [5.74, 6) is 1.98. The van der Waals surface area contributed by atoms with Crippen molar-refractivity contribution in [2.45, 2.75) is 25.4 Å². The summed E-state index contributed by atoms with van der Waals surface area (Å²) in [7, 11) is 1.72. The number of hydrogen-bond donors (Lipinski definition) is 0. The number of fused-ring (bicyclic) bond motifs is 1. The van der Waals surface area contributed by atoms with Crippen LogP contribution in [0.1, 0.15) is 18.4 Å². The van der Waals surface area contributed by atoms with Crippen molar-refractivity contribution in [1.82, 2.24) is 9.97 Å². The maximum Gasteiger partial charge on any atom is 0.141 e. The number of benzene rings is 1. The van der Waals surface area contributed by atoms with Gasteiger partial charge in [-0.25, -0.2) is 9.97 Å². The van der Waals surface area contributed by atoms with E-state index >= 15 is 0 Å². The summed E-state index contributed by atoms with van der Waals surface area (Å²) >= 11 is 1.66. The van der Waals surface area contributed by atoms with Crippen molar-refractivity contribution in [3.05, 3.63) is 47.6 Å². The molecule has 0 unspecified atom stereocenters. The van der Waals surface area contributed by atoms with Crippen LogP contribution in [0.4, 0.5) is 5.82 Å². The van der Waals surface area contributed by atoms with Crippen molar-refractivity contribution in [2.75, 3.05) is 12.0 Å². The highest BCUT2D eigenvalue weighted by Crippen LogP contribution is 2.37. The number of hydrogen-bond acceptors (Lipinski definition) is 5. The van der Waals surface area contributed by atoms with E-state index in [2.05, 4.69) is 38.4 Å². The van der Waals surface area contributed by atoms with E-state index in [-0.39, 0.29) is 0 Å². The smallest absolute Gasteiger partial charge is 0.141 e. The Bertz CT molecular complexity index is 797. The number of anilines is 1. The lowest BCUT2D eigenvalue weighted by Gasteiger charge is -2.25. The summed E-state index contributed by atoms with van der Waals surface area (Å²) in [5, 5.41) is 3.23. The molecule has 2 aromatic heterocycles. The van der Waals surface area contributed by atoms with Gasteiger partial charge in [-0.05, 0) is 30.4 Å². The van der Waals surface area contributed by atoms with Crippen molar-refractivity contribution in [3.8, 4) is 5.75 Å². The minimum absolute atomic E-state index is 0.572. The first-order chi connectivity index (χ1) is 10.9. The highest BCUT2D eigenvalue weighted by molar-refractivity contribution is 7.16. The van der Waals surface area contributed by atoms with E-state index in [1.54, 1.807) is 24.8 Å². The zero-order chi connectivity index (χ0) is 14.9. The Balaban J connectivity index is 1.74. The quantitative estimate of drug-likeness (QED) is 0.717. The molecule has 22 heavy (non-hydrogen) atoms. The predicted molar refractivity (Wildman–Crippen MR) is 89.6 cm³/mol. The highest BCUT2D eigenvalue weighted by Gasteiger charge is 2.31. The van der Waals surface area contributed by atoms with Crippen LogP contribution >= 0.6 is 11.3 Å². The van der Waals surface area contributed by atoms with Crippen LogP contribution in [0.3, 0.4) is 0 Å². The average molecular weight is 311 g/mol. The Morgan fingerprint density at radius 1 is 1.23 bits per heavy atom. The summed E-state index contributed by atoms with van der Waals surface area (Å²) in [6.07, 6.45) is 4.13. The predicted octanol–water partition coefficient (Wildman–Crippen LogP) is 3.87. The van der Waals surface area contributed by atoms with Crippen molar-refractivity contribution >= 4 is 27.4 Å². The number of para-hydroxylation sites is 1. The largest absolute Gasteiger partial charge is 0.496 e. The molecule has 0 bridgehead atoms. The number of rotatable bonds is 5. The summed E-state index contributed by atoms with van der Waals surface area (Å²) in [4.78, 5) is 12.4. The SMILES string of the molecule is COc1ccccc1CN(c1ncnc2sccc12)C1CC1. The lowest BCUT2D eigenvalue weighted by Crippen LogP contribution is -2.26. The zero-order valence-corrected chi connectivity index (χ0v) is 13.2. The molecule has 2 heterocycles. The molecular weight excluding hydrogens is 294 g/mol. The fourth-order valence-electron chi connectivity index (χ4n) is 2.79. The fraction of sp³-hybridized carbons (Fsp3) is 0.294. The van der Waals surface area contributed by atoms with Gasteiger partial charge in [0.05, 0.1) is 12.5 Å². The molecule has 0 amide bonds. The fourth-order valence-corrected chi connectivity index (χ4v) is 3.51. The van der Waals surface area contributed by atoms with Gasteiger partial charge < -0.3 is 9.64 Å². The van der Waals surface area contributed by atoms with Crippen LogP contribution in [0.5, 0.6) is 5.75 Å².